The molecule has 1 atom stereocenters. The summed E-state index contributed by atoms with van der Waals surface area (Å²) in [5, 5.41) is 1.08. The lowest BCUT2D eigenvalue weighted by molar-refractivity contribution is 1.09. The van der Waals surface area contributed by atoms with Gasteiger partial charge in [-0.05, 0) is 6.92 Å². The number of halogens is 1. The second-order valence-corrected chi connectivity index (χ2v) is 4.25. The van der Waals surface area contributed by atoms with Crippen molar-refractivity contribution >= 4 is 28.1 Å². The summed E-state index contributed by atoms with van der Waals surface area (Å²) < 4.78 is 0. The Bertz CT molecular complexity index is 210. The maximum absolute atomic E-state index is 5.87. The monoisotopic (exact) mass is 190 g/mol. The molecule has 0 fully saturated rings. The van der Waals surface area contributed by atoms with Gasteiger partial charge in [0.15, 0.2) is 5.13 Å². The predicted molar refractivity (Wildman–Crippen MR) is 50.7 cm³/mol. The van der Waals surface area contributed by atoms with Crippen LogP contribution in [0.4, 0.5) is 5.13 Å². The molecule has 2 nitrogen and oxygen atoms in total. The predicted octanol–water partition coefficient (Wildman–Crippen LogP) is 2.51. The van der Waals surface area contributed by atoms with Gasteiger partial charge in [-0.1, -0.05) is 0 Å². The Morgan fingerprint density at radius 3 is 2.55 bits per heavy atom. The summed E-state index contributed by atoms with van der Waals surface area (Å²) in [5.74, 6) is 0. The second kappa shape index (κ2) is 3.41. The minimum Gasteiger partial charge on any atom is -0.354 e. The molecule has 1 aromatic heterocycles. The van der Waals surface area contributed by atoms with Crippen molar-refractivity contribution in [2.75, 3.05) is 19.0 Å². The Balaban J connectivity index is 2.82. The highest BCUT2D eigenvalue weighted by Gasteiger charge is 2.07. The number of anilines is 1. The normalized spacial score (nSPS) is 13.1. The first kappa shape index (κ1) is 8.81. The van der Waals surface area contributed by atoms with E-state index in [4.69, 9.17) is 11.6 Å². The molecule has 1 aromatic rings. The Kier molecular flexibility index (Phi) is 2.73. The highest BCUT2D eigenvalue weighted by atomic mass is 35.5. The lowest BCUT2D eigenvalue weighted by atomic mass is 10.4. The van der Waals surface area contributed by atoms with Crippen LogP contribution in [-0.4, -0.2) is 19.1 Å². The van der Waals surface area contributed by atoms with E-state index in [1.807, 2.05) is 32.1 Å². The van der Waals surface area contributed by atoms with Crippen LogP contribution >= 0.6 is 22.9 Å². The Morgan fingerprint density at radius 1 is 1.64 bits per heavy atom. The van der Waals surface area contributed by atoms with Crippen LogP contribution in [0.1, 0.15) is 17.2 Å². The Hall–Kier alpha value is -0.280. The molecule has 0 aromatic carbocycles. The van der Waals surface area contributed by atoms with Crippen LogP contribution in [0.3, 0.4) is 0 Å². The van der Waals surface area contributed by atoms with Gasteiger partial charge in [-0.15, -0.1) is 22.9 Å². The van der Waals surface area contributed by atoms with E-state index < -0.39 is 0 Å². The summed E-state index contributed by atoms with van der Waals surface area (Å²) in [7, 11) is 3.95. The zero-order valence-corrected chi connectivity index (χ0v) is 8.41. The zero-order valence-electron chi connectivity index (χ0n) is 6.84. The van der Waals surface area contributed by atoms with E-state index in [-0.39, 0.29) is 5.38 Å². The fourth-order valence-corrected chi connectivity index (χ4v) is 1.62. The van der Waals surface area contributed by atoms with Gasteiger partial charge in [0.1, 0.15) is 0 Å². The van der Waals surface area contributed by atoms with Gasteiger partial charge in [0.05, 0.1) is 5.38 Å². The second-order valence-electron chi connectivity index (χ2n) is 2.56. The van der Waals surface area contributed by atoms with Crippen LogP contribution < -0.4 is 4.90 Å². The topological polar surface area (TPSA) is 16.1 Å². The van der Waals surface area contributed by atoms with Gasteiger partial charge in [-0.2, -0.15) is 0 Å². The first-order valence-electron chi connectivity index (χ1n) is 3.38. The smallest absolute Gasteiger partial charge is 0.185 e. The summed E-state index contributed by atoms with van der Waals surface area (Å²) in [6.45, 7) is 1.95. The van der Waals surface area contributed by atoms with Crippen LogP contribution in [0.25, 0.3) is 0 Å². The van der Waals surface area contributed by atoms with Crippen molar-refractivity contribution in [3.05, 3.63) is 11.1 Å². The van der Waals surface area contributed by atoms with Gasteiger partial charge in [0.25, 0.3) is 0 Å². The highest BCUT2D eigenvalue weighted by molar-refractivity contribution is 7.15. The molecule has 0 radical (unpaired) electrons. The third-order valence-electron chi connectivity index (χ3n) is 1.29. The molecule has 0 aliphatic heterocycles. The molecule has 1 rings (SSSR count). The molecule has 0 N–H and O–H groups in total. The molecule has 0 aliphatic rings. The Morgan fingerprint density at radius 2 is 2.27 bits per heavy atom. The number of nitrogens with zero attached hydrogens (tertiary/aromatic N) is 2. The van der Waals surface area contributed by atoms with Crippen LogP contribution in [-0.2, 0) is 0 Å². The number of hydrogen-bond donors (Lipinski definition) is 0. The SMILES string of the molecule is CC(Cl)c1cnc(N(C)C)s1. The first-order chi connectivity index (χ1) is 5.11. The molecule has 1 unspecified atom stereocenters. The van der Waals surface area contributed by atoms with Gasteiger partial charge >= 0.3 is 0 Å². The molecule has 11 heavy (non-hydrogen) atoms. The van der Waals surface area contributed by atoms with Crippen LogP contribution in [0.5, 0.6) is 0 Å². The molecule has 0 saturated heterocycles. The lowest BCUT2D eigenvalue weighted by Crippen LogP contribution is -2.07. The number of thiazole rings is 1. The molecule has 0 bridgehead atoms. The Labute approximate surface area is 75.8 Å². The number of hydrogen-bond acceptors (Lipinski definition) is 3. The van der Waals surface area contributed by atoms with E-state index in [2.05, 4.69) is 4.98 Å². The molecule has 4 heteroatoms. The molecule has 0 amide bonds. The van der Waals surface area contributed by atoms with Gasteiger partial charge < -0.3 is 4.90 Å². The fraction of sp³-hybridized carbons (Fsp3) is 0.571. The minimum atomic E-state index is 0.0706. The average Bonchev–Trinajstić information content (AvgIpc) is 2.33. The lowest BCUT2D eigenvalue weighted by Gasteiger charge is -2.05. The maximum Gasteiger partial charge on any atom is 0.185 e. The quantitative estimate of drug-likeness (QED) is 0.667. The number of aromatic nitrogens is 1. The van der Waals surface area contributed by atoms with E-state index in [0.717, 1.165) is 10.0 Å². The van der Waals surface area contributed by atoms with Crippen molar-refractivity contribution in [1.29, 1.82) is 0 Å². The third-order valence-corrected chi connectivity index (χ3v) is 3.00. The summed E-state index contributed by atoms with van der Waals surface area (Å²) in [5.41, 5.74) is 0. The van der Waals surface area contributed by atoms with Crippen molar-refractivity contribution in [1.82, 2.24) is 4.98 Å². The average molecular weight is 191 g/mol. The number of rotatable bonds is 2. The van der Waals surface area contributed by atoms with Crippen LogP contribution in [0.15, 0.2) is 6.20 Å². The standard InChI is InChI=1S/C7H11ClN2S/c1-5(8)6-4-9-7(11-6)10(2)3/h4-5H,1-3H3. The number of alkyl halides is 1. The highest BCUT2D eigenvalue weighted by Crippen LogP contribution is 2.28. The van der Waals surface area contributed by atoms with Crippen molar-refractivity contribution in [2.45, 2.75) is 12.3 Å². The van der Waals surface area contributed by atoms with Crippen molar-refractivity contribution < 1.29 is 0 Å². The van der Waals surface area contributed by atoms with Crippen LogP contribution in [0, 0.1) is 0 Å². The summed E-state index contributed by atoms with van der Waals surface area (Å²) in [4.78, 5) is 7.30. The van der Waals surface area contributed by atoms with Crippen molar-refractivity contribution in [3.63, 3.8) is 0 Å². The minimum absolute atomic E-state index is 0.0706. The maximum atomic E-state index is 5.87. The molecular weight excluding hydrogens is 180 g/mol. The van der Waals surface area contributed by atoms with Gasteiger partial charge in [0.2, 0.25) is 0 Å². The van der Waals surface area contributed by atoms with Crippen molar-refractivity contribution in [2.24, 2.45) is 0 Å². The van der Waals surface area contributed by atoms with Gasteiger partial charge in [0, 0.05) is 25.2 Å². The summed E-state index contributed by atoms with van der Waals surface area (Å²) in [6.07, 6.45) is 1.83. The van der Waals surface area contributed by atoms with E-state index in [1.54, 1.807) is 11.3 Å². The molecule has 0 spiro atoms. The molecule has 1 heterocycles. The van der Waals surface area contributed by atoms with Gasteiger partial charge in [-0.25, -0.2) is 4.98 Å². The summed E-state index contributed by atoms with van der Waals surface area (Å²) in [6, 6.07) is 0. The molecule has 0 saturated carbocycles. The molecule has 62 valence electrons. The van der Waals surface area contributed by atoms with E-state index in [0.29, 0.717) is 0 Å². The fourth-order valence-electron chi connectivity index (χ4n) is 0.668. The largest absolute Gasteiger partial charge is 0.354 e. The van der Waals surface area contributed by atoms with Gasteiger partial charge in [-0.3, -0.25) is 0 Å². The summed E-state index contributed by atoms with van der Waals surface area (Å²) >= 11 is 7.51. The molecular formula is C7H11ClN2S. The van der Waals surface area contributed by atoms with E-state index in [9.17, 15) is 0 Å². The van der Waals surface area contributed by atoms with Crippen LogP contribution in [0.2, 0.25) is 0 Å². The van der Waals surface area contributed by atoms with E-state index >= 15 is 0 Å². The zero-order chi connectivity index (χ0) is 8.43. The van der Waals surface area contributed by atoms with Crippen molar-refractivity contribution in [3.8, 4) is 0 Å². The third kappa shape index (κ3) is 2.07. The molecule has 0 aliphatic carbocycles. The van der Waals surface area contributed by atoms with E-state index in [1.165, 1.54) is 0 Å². The first-order valence-corrected chi connectivity index (χ1v) is 4.63.